The van der Waals surface area contributed by atoms with Gasteiger partial charge in [-0.1, -0.05) is 18.2 Å². The summed E-state index contributed by atoms with van der Waals surface area (Å²) in [7, 11) is 7.17. The lowest BCUT2D eigenvalue weighted by Gasteiger charge is -2.14. The average molecular weight is 508 g/mol. The van der Waals surface area contributed by atoms with Gasteiger partial charge in [-0.2, -0.15) is 0 Å². The van der Waals surface area contributed by atoms with E-state index < -0.39 is 0 Å². The van der Waals surface area contributed by atoms with Crippen LogP contribution in [0.5, 0.6) is 11.5 Å². The zero-order chi connectivity index (χ0) is 25.5. The monoisotopic (exact) mass is 507 g/mol. The molecule has 0 saturated carbocycles. The van der Waals surface area contributed by atoms with Crippen molar-refractivity contribution in [2.45, 2.75) is 13.0 Å². The molecule has 0 unspecified atom stereocenters. The first-order chi connectivity index (χ1) is 17.5. The number of fused-ring (bicyclic) bond motifs is 1. The zero-order valence-electron chi connectivity index (χ0n) is 20.7. The first-order valence-corrected chi connectivity index (χ1v) is 12.1. The molecule has 2 heterocycles. The number of carbonyl (C=O) groups is 1. The second-order valence-electron chi connectivity index (χ2n) is 8.23. The lowest BCUT2D eigenvalue weighted by molar-refractivity contribution is 0.262. The van der Waals surface area contributed by atoms with Crippen LogP contribution in [-0.2, 0) is 13.0 Å². The summed E-state index contributed by atoms with van der Waals surface area (Å²) < 4.78 is 10.8. The molecule has 0 fully saturated rings. The standard InChI is InChI=1S/C25H29N7O3S/c1-32(2)14-16-7-5-6-8-19(16)30-24(33)31-25-27-13-17(36-25)9-10-26-23-18-11-21(34-3)22(35-4)12-20(18)28-15-29-23/h5-8,11-13,15H,9-10,14H2,1-4H3,(H,26,28,29)(H2,27,30,31,33). The number of methoxy groups -OCH3 is 2. The second kappa shape index (κ2) is 11.6. The van der Waals surface area contributed by atoms with Crippen LogP contribution in [0, 0.1) is 0 Å². The van der Waals surface area contributed by atoms with E-state index in [1.807, 2.05) is 50.5 Å². The lowest BCUT2D eigenvalue weighted by atomic mass is 10.1. The molecule has 0 radical (unpaired) electrons. The van der Waals surface area contributed by atoms with Crippen LogP contribution in [0.25, 0.3) is 10.9 Å². The molecule has 11 heteroatoms. The molecule has 3 N–H and O–H groups in total. The molecule has 0 aliphatic heterocycles. The van der Waals surface area contributed by atoms with Gasteiger partial charge in [-0.15, -0.1) is 11.3 Å². The maximum Gasteiger partial charge on any atom is 0.325 e. The maximum absolute atomic E-state index is 12.5. The molecular weight excluding hydrogens is 478 g/mol. The highest BCUT2D eigenvalue weighted by Crippen LogP contribution is 2.33. The molecule has 4 rings (SSSR count). The van der Waals surface area contributed by atoms with Gasteiger partial charge in [0.2, 0.25) is 0 Å². The van der Waals surface area contributed by atoms with E-state index in [0.717, 1.165) is 33.6 Å². The van der Waals surface area contributed by atoms with Gasteiger partial charge in [0.25, 0.3) is 0 Å². The van der Waals surface area contributed by atoms with Gasteiger partial charge in [0, 0.05) is 47.7 Å². The molecule has 2 aromatic heterocycles. The summed E-state index contributed by atoms with van der Waals surface area (Å²) in [5.74, 6) is 1.94. The molecule has 0 aliphatic carbocycles. The van der Waals surface area contributed by atoms with Crippen LogP contribution in [0.2, 0.25) is 0 Å². The number of carbonyl (C=O) groups excluding carboxylic acids is 1. The summed E-state index contributed by atoms with van der Waals surface area (Å²) in [4.78, 5) is 28.7. The van der Waals surface area contributed by atoms with Crippen molar-refractivity contribution in [1.29, 1.82) is 0 Å². The third-order valence-electron chi connectivity index (χ3n) is 5.33. The highest BCUT2D eigenvalue weighted by Gasteiger charge is 2.12. The Morgan fingerprint density at radius 1 is 1.03 bits per heavy atom. The summed E-state index contributed by atoms with van der Waals surface area (Å²) in [5, 5.41) is 10.5. The molecule has 0 aliphatic rings. The van der Waals surface area contributed by atoms with Crippen molar-refractivity contribution < 1.29 is 14.3 Å². The predicted molar refractivity (Wildman–Crippen MR) is 143 cm³/mol. The van der Waals surface area contributed by atoms with Crippen molar-refractivity contribution in [1.82, 2.24) is 19.9 Å². The van der Waals surface area contributed by atoms with E-state index in [-0.39, 0.29) is 6.03 Å². The number of anilines is 3. The largest absolute Gasteiger partial charge is 0.493 e. The fourth-order valence-corrected chi connectivity index (χ4v) is 4.49. The molecule has 0 saturated heterocycles. The second-order valence-corrected chi connectivity index (χ2v) is 9.34. The normalized spacial score (nSPS) is 10.9. The molecule has 0 bridgehead atoms. The zero-order valence-corrected chi connectivity index (χ0v) is 21.5. The van der Waals surface area contributed by atoms with Crippen molar-refractivity contribution in [2.75, 3.05) is 50.8 Å². The molecule has 10 nitrogen and oxygen atoms in total. The Morgan fingerprint density at radius 2 is 1.81 bits per heavy atom. The molecule has 2 amide bonds. The minimum absolute atomic E-state index is 0.322. The van der Waals surface area contributed by atoms with Crippen LogP contribution in [0.1, 0.15) is 10.4 Å². The number of benzene rings is 2. The topological polar surface area (TPSA) is 114 Å². The van der Waals surface area contributed by atoms with Gasteiger partial charge in [0.05, 0.1) is 19.7 Å². The number of nitrogens with zero attached hydrogens (tertiary/aromatic N) is 4. The van der Waals surface area contributed by atoms with Crippen molar-refractivity contribution in [3.05, 3.63) is 59.4 Å². The van der Waals surface area contributed by atoms with E-state index in [0.29, 0.717) is 35.4 Å². The van der Waals surface area contributed by atoms with Crippen molar-refractivity contribution in [3.8, 4) is 11.5 Å². The number of ether oxygens (including phenoxy) is 2. The van der Waals surface area contributed by atoms with E-state index in [2.05, 4.69) is 35.8 Å². The Kier molecular flexibility index (Phi) is 8.13. The van der Waals surface area contributed by atoms with Crippen LogP contribution in [0.3, 0.4) is 0 Å². The van der Waals surface area contributed by atoms with Gasteiger partial charge in [0.1, 0.15) is 12.1 Å². The SMILES string of the molecule is COc1cc2ncnc(NCCc3cnc(NC(=O)Nc4ccccc4CN(C)C)s3)c2cc1OC. The maximum atomic E-state index is 12.5. The van der Waals surface area contributed by atoms with Gasteiger partial charge >= 0.3 is 6.03 Å². The number of amides is 2. The van der Waals surface area contributed by atoms with Crippen LogP contribution in [-0.4, -0.2) is 60.7 Å². The van der Waals surface area contributed by atoms with Crippen molar-refractivity contribution >= 4 is 44.9 Å². The minimum atomic E-state index is -0.322. The summed E-state index contributed by atoms with van der Waals surface area (Å²) in [6, 6.07) is 11.1. The van der Waals surface area contributed by atoms with E-state index in [1.165, 1.54) is 17.7 Å². The number of urea groups is 1. The van der Waals surface area contributed by atoms with Crippen LogP contribution >= 0.6 is 11.3 Å². The van der Waals surface area contributed by atoms with Gasteiger partial charge in [-0.05, 0) is 31.8 Å². The summed E-state index contributed by atoms with van der Waals surface area (Å²) in [6.45, 7) is 1.36. The van der Waals surface area contributed by atoms with E-state index in [9.17, 15) is 4.79 Å². The first-order valence-electron chi connectivity index (χ1n) is 11.3. The van der Waals surface area contributed by atoms with Gasteiger partial charge < -0.3 is 25.0 Å². The van der Waals surface area contributed by atoms with Gasteiger partial charge in [-0.3, -0.25) is 5.32 Å². The third kappa shape index (κ3) is 6.18. The Bertz CT molecular complexity index is 1340. The van der Waals surface area contributed by atoms with Crippen LogP contribution in [0.4, 0.5) is 21.4 Å². The fourth-order valence-electron chi connectivity index (χ4n) is 3.68. The number of nitrogens with one attached hydrogen (secondary N) is 3. The van der Waals surface area contributed by atoms with Crippen LogP contribution < -0.4 is 25.4 Å². The average Bonchev–Trinajstić information content (AvgIpc) is 3.31. The number of rotatable bonds is 10. The molecule has 0 atom stereocenters. The summed E-state index contributed by atoms with van der Waals surface area (Å²) in [6.07, 6.45) is 4.00. The summed E-state index contributed by atoms with van der Waals surface area (Å²) >= 11 is 1.44. The summed E-state index contributed by atoms with van der Waals surface area (Å²) in [5.41, 5.74) is 2.57. The van der Waals surface area contributed by atoms with E-state index in [4.69, 9.17) is 9.47 Å². The predicted octanol–water partition coefficient (Wildman–Crippen LogP) is 4.46. The molecule has 36 heavy (non-hydrogen) atoms. The van der Waals surface area contributed by atoms with E-state index >= 15 is 0 Å². The molecular formula is C25H29N7O3S. The smallest absolute Gasteiger partial charge is 0.325 e. The van der Waals surface area contributed by atoms with E-state index in [1.54, 1.807) is 20.4 Å². The minimum Gasteiger partial charge on any atom is -0.493 e. The van der Waals surface area contributed by atoms with Crippen LogP contribution in [0.15, 0.2) is 48.9 Å². The number of aromatic nitrogens is 3. The first kappa shape index (κ1) is 25.1. The van der Waals surface area contributed by atoms with Gasteiger partial charge in [0.15, 0.2) is 16.6 Å². The number of thiazole rings is 1. The Balaban J connectivity index is 1.34. The highest BCUT2D eigenvalue weighted by atomic mass is 32.1. The highest BCUT2D eigenvalue weighted by molar-refractivity contribution is 7.15. The van der Waals surface area contributed by atoms with Crippen molar-refractivity contribution in [3.63, 3.8) is 0 Å². The Morgan fingerprint density at radius 3 is 2.58 bits per heavy atom. The third-order valence-corrected chi connectivity index (χ3v) is 6.30. The molecule has 4 aromatic rings. The number of para-hydroxylation sites is 1. The molecule has 2 aromatic carbocycles. The Labute approximate surface area is 213 Å². The lowest BCUT2D eigenvalue weighted by Crippen LogP contribution is -2.21. The van der Waals surface area contributed by atoms with Crippen molar-refractivity contribution in [2.24, 2.45) is 0 Å². The van der Waals surface area contributed by atoms with Gasteiger partial charge in [-0.25, -0.2) is 19.7 Å². The quantitative estimate of drug-likeness (QED) is 0.288. The fraction of sp³-hybridized carbons (Fsp3) is 0.280. The molecule has 188 valence electrons. The molecule has 0 spiro atoms. The number of hydrogen-bond acceptors (Lipinski definition) is 9. The number of hydrogen-bond donors (Lipinski definition) is 3. The Hall–Kier alpha value is -3.96.